The van der Waals surface area contributed by atoms with Gasteiger partial charge in [0.1, 0.15) is 5.60 Å². The maximum Gasteiger partial charge on any atom is 0.407 e. The van der Waals surface area contributed by atoms with E-state index in [1.165, 1.54) is 0 Å². The molecule has 136 valence electrons. The van der Waals surface area contributed by atoms with Crippen molar-refractivity contribution in [1.29, 1.82) is 0 Å². The fourth-order valence-corrected chi connectivity index (χ4v) is 1.86. The largest absolute Gasteiger partial charge is 0.444 e. The van der Waals surface area contributed by atoms with Gasteiger partial charge in [0.05, 0.1) is 0 Å². The lowest BCUT2D eigenvalue weighted by molar-refractivity contribution is 0.0529. The molecular formula is C16H30N6O2. The quantitative estimate of drug-likeness (QED) is 0.378. The van der Waals surface area contributed by atoms with E-state index in [-0.39, 0.29) is 0 Å². The maximum absolute atomic E-state index is 11.5. The molecule has 0 saturated heterocycles. The summed E-state index contributed by atoms with van der Waals surface area (Å²) in [6.45, 7) is 10.9. The van der Waals surface area contributed by atoms with Gasteiger partial charge in [-0.15, -0.1) is 0 Å². The number of amides is 1. The molecular weight excluding hydrogens is 308 g/mol. The Morgan fingerprint density at radius 1 is 1.25 bits per heavy atom. The number of nitrogens with one attached hydrogen (secondary N) is 3. The molecule has 0 aromatic carbocycles. The summed E-state index contributed by atoms with van der Waals surface area (Å²) in [6, 6.07) is 1.91. The van der Waals surface area contributed by atoms with Gasteiger partial charge in [-0.25, -0.2) is 4.79 Å². The highest BCUT2D eigenvalue weighted by Gasteiger charge is 2.15. The van der Waals surface area contributed by atoms with Gasteiger partial charge in [-0.3, -0.25) is 9.67 Å². The molecule has 0 unspecified atom stereocenters. The number of rotatable bonds is 8. The van der Waals surface area contributed by atoms with E-state index in [1.54, 1.807) is 6.20 Å². The highest BCUT2D eigenvalue weighted by Crippen LogP contribution is 2.05. The van der Waals surface area contributed by atoms with Crippen LogP contribution in [0, 0.1) is 0 Å². The van der Waals surface area contributed by atoms with Crippen LogP contribution in [0.4, 0.5) is 4.79 Å². The van der Waals surface area contributed by atoms with Gasteiger partial charge in [0.25, 0.3) is 0 Å². The number of nitrogens with zero attached hydrogens (tertiary/aromatic N) is 3. The number of hydrogen-bond donors (Lipinski definition) is 3. The average Bonchev–Trinajstić information content (AvgIpc) is 2.99. The smallest absolute Gasteiger partial charge is 0.407 e. The summed E-state index contributed by atoms with van der Waals surface area (Å²) >= 11 is 0. The second-order valence-electron chi connectivity index (χ2n) is 6.24. The van der Waals surface area contributed by atoms with Crippen molar-refractivity contribution in [3.8, 4) is 0 Å². The van der Waals surface area contributed by atoms with E-state index >= 15 is 0 Å². The molecule has 1 aromatic rings. The molecule has 0 saturated carbocycles. The van der Waals surface area contributed by atoms with E-state index < -0.39 is 11.7 Å². The van der Waals surface area contributed by atoms with E-state index in [2.05, 4.69) is 26.0 Å². The van der Waals surface area contributed by atoms with Crippen LogP contribution in [-0.2, 0) is 11.3 Å². The number of alkyl carbamates (subject to hydrolysis) is 1. The van der Waals surface area contributed by atoms with Crippen molar-refractivity contribution in [2.24, 2.45) is 4.99 Å². The molecule has 0 aliphatic heterocycles. The molecule has 1 amide bonds. The summed E-state index contributed by atoms with van der Waals surface area (Å²) in [6.07, 6.45) is 4.21. The van der Waals surface area contributed by atoms with Gasteiger partial charge in [-0.2, -0.15) is 5.10 Å². The molecule has 24 heavy (non-hydrogen) atoms. The van der Waals surface area contributed by atoms with E-state index in [0.717, 1.165) is 25.5 Å². The summed E-state index contributed by atoms with van der Waals surface area (Å²) in [5.74, 6) is 0.740. The van der Waals surface area contributed by atoms with Crippen LogP contribution in [0.2, 0.25) is 0 Å². The van der Waals surface area contributed by atoms with Crippen LogP contribution in [0.3, 0.4) is 0 Å². The number of carbonyl (C=O) groups is 1. The lowest BCUT2D eigenvalue weighted by atomic mass is 10.2. The van der Waals surface area contributed by atoms with Gasteiger partial charge < -0.3 is 20.7 Å². The summed E-state index contributed by atoms with van der Waals surface area (Å²) in [4.78, 5) is 16.0. The van der Waals surface area contributed by atoms with Crippen molar-refractivity contribution in [1.82, 2.24) is 25.7 Å². The van der Waals surface area contributed by atoms with Gasteiger partial charge in [-0.05, 0) is 40.2 Å². The molecule has 1 heterocycles. The number of carbonyl (C=O) groups excluding carboxylic acids is 1. The average molecular weight is 338 g/mol. The Labute approximate surface area is 144 Å². The van der Waals surface area contributed by atoms with Gasteiger partial charge in [-0.1, -0.05) is 0 Å². The van der Waals surface area contributed by atoms with E-state index in [9.17, 15) is 4.79 Å². The van der Waals surface area contributed by atoms with Crippen LogP contribution in [0.5, 0.6) is 0 Å². The number of aryl methyl sites for hydroxylation is 1. The summed E-state index contributed by atoms with van der Waals surface area (Å²) in [7, 11) is 0. The van der Waals surface area contributed by atoms with E-state index in [1.807, 2.05) is 44.6 Å². The highest BCUT2D eigenvalue weighted by atomic mass is 16.6. The maximum atomic E-state index is 11.5. The van der Waals surface area contributed by atoms with Gasteiger partial charge in [0, 0.05) is 45.1 Å². The molecule has 0 fully saturated rings. The zero-order valence-corrected chi connectivity index (χ0v) is 15.1. The Morgan fingerprint density at radius 2 is 2.00 bits per heavy atom. The minimum Gasteiger partial charge on any atom is -0.444 e. The number of hydrogen-bond acceptors (Lipinski definition) is 4. The third-order valence-electron chi connectivity index (χ3n) is 2.80. The fourth-order valence-electron chi connectivity index (χ4n) is 1.86. The minimum absolute atomic E-state index is 0.412. The molecule has 0 bridgehead atoms. The zero-order chi connectivity index (χ0) is 17.8. The molecule has 0 radical (unpaired) electrons. The second-order valence-corrected chi connectivity index (χ2v) is 6.24. The Morgan fingerprint density at radius 3 is 2.62 bits per heavy atom. The molecule has 0 aliphatic rings. The number of guanidine groups is 1. The fraction of sp³-hybridized carbons (Fsp3) is 0.688. The third-order valence-corrected chi connectivity index (χ3v) is 2.80. The van der Waals surface area contributed by atoms with E-state index in [4.69, 9.17) is 4.74 Å². The first-order chi connectivity index (χ1) is 11.4. The Hall–Kier alpha value is -2.25. The van der Waals surface area contributed by atoms with Gasteiger partial charge in [0.15, 0.2) is 5.96 Å². The third kappa shape index (κ3) is 9.70. The first-order valence-corrected chi connectivity index (χ1v) is 8.37. The molecule has 1 aromatic heterocycles. The predicted molar refractivity (Wildman–Crippen MR) is 95.1 cm³/mol. The summed E-state index contributed by atoms with van der Waals surface area (Å²) in [5.41, 5.74) is -0.484. The number of aliphatic imine (C=N–C) groups is 1. The van der Waals surface area contributed by atoms with Crippen molar-refractivity contribution in [2.75, 3.05) is 26.2 Å². The highest BCUT2D eigenvalue weighted by molar-refractivity contribution is 5.79. The molecule has 1 rings (SSSR count). The standard InChI is InChI=1S/C16H30N6O2/c1-5-17-14(18-8-6-12-22-13-7-9-21-22)19-10-11-20-15(23)24-16(2,3)4/h7,9,13H,5-6,8,10-12H2,1-4H3,(H,20,23)(H2,17,18,19). The molecule has 8 heteroatoms. The van der Waals surface area contributed by atoms with Crippen LogP contribution < -0.4 is 16.0 Å². The van der Waals surface area contributed by atoms with Crippen molar-refractivity contribution in [3.05, 3.63) is 18.5 Å². The molecule has 0 spiro atoms. The number of ether oxygens (including phenoxy) is 1. The molecule has 3 N–H and O–H groups in total. The zero-order valence-electron chi connectivity index (χ0n) is 15.1. The van der Waals surface area contributed by atoms with Crippen LogP contribution >= 0.6 is 0 Å². The SMILES string of the molecule is CCNC(=NCCCn1cccn1)NCCNC(=O)OC(C)(C)C. The Balaban J connectivity index is 2.22. The van der Waals surface area contributed by atoms with Crippen molar-refractivity contribution in [3.63, 3.8) is 0 Å². The van der Waals surface area contributed by atoms with Crippen LogP contribution in [0.25, 0.3) is 0 Å². The van der Waals surface area contributed by atoms with Gasteiger partial charge in [0.2, 0.25) is 0 Å². The number of aromatic nitrogens is 2. The lowest BCUT2D eigenvalue weighted by Crippen LogP contribution is -2.42. The topological polar surface area (TPSA) is 92.6 Å². The predicted octanol–water partition coefficient (Wildman–Crippen LogP) is 1.35. The first-order valence-electron chi connectivity index (χ1n) is 8.37. The van der Waals surface area contributed by atoms with E-state index in [0.29, 0.717) is 19.6 Å². The second kappa shape index (κ2) is 10.5. The summed E-state index contributed by atoms with van der Waals surface area (Å²) in [5, 5.41) is 13.2. The monoisotopic (exact) mass is 338 g/mol. The van der Waals surface area contributed by atoms with Crippen LogP contribution in [0.15, 0.2) is 23.5 Å². The van der Waals surface area contributed by atoms with Crippen LogP contribution in [0.1, 0.15) is 34.1 Å². The van der Waals surface area contributed by atoms with Crippen molar-refractivity contribution < 1.29 is 9.53 Å². The minimum atomic E-state index is -0.484. The Bertz CT molecular complexity index is 493. The summed E-state index contributed by atoms with van der Waals surface area (Å²) < 4.78 is 7.06. The van der Waals surface area contributed by atoms with Crippen molar-refractivity contribution >= 4 is 12.1 Å². The van der Waals surface area contributed by atoms with Gasteiger partial charge >= 0.3 is 6.09 Å². The normalized spacial score (nSPS) is 11.9. The molecule has 8 nitrogen and oxygen atoms in total. The molecule has 0 atom stereocenters. The lowest BCUT2D eigenvalue weighted by Gasteiger charge is -2.19. The Kier molecular flexibility index (Phi) is 8.67. The van der Waals surface area contributed by atoms with Crippen LogP contribution in [-0.4, -0.2) is 53.6 Å². The first kappa shape index (κ1) is 19.8. The molecule has 0 aliphatic carbocycles. The van der Waals surface area contributed by atoms with Crippen molar-refractivity contribution in [2.45, 2.75) is 46.3 Å².